The number of aliphatic hydroxyl groups excluding tert-OH is 2. The molecule has 12 heteroatoms. The molecule has 2 rings (SSSR count). The van der Waals surface area contributed by atoms with Crippen molar-refractivity contribution in [3.63, 3.8) is 0 Å². The number of nitrogens with one attached hydrogen (secondary N) is 2. The summed E-state index contributed by atoms with van der Waals surface area (Å²) >= 11 is 2.54. The van der Waals surface area contributed by atoms with Gasteiger partial charge in [-0.15, -0.1) is 11.3 Å². The molecule has 2 aromatic rings. The maximum Gasteiger partial charge on any atom is 0.271 e. The highest BCUT2D eigenvalue weighted by Crippen LogP contribution is 2.18. The second-order valence-corrected chi connectivity index (χ2v) is 10.4. The van der Waals surface area contributed by atoms with Gasteiger partial charge in [0.2, 0.25) is 10.0 Å². The fraction of sp³-hybridized carbons (Fsp3) is 0.500. The third-order valence-corrected chi connectivity index (χ3v) is 7.10. The lowest BCUT2D eigenvalue weighted by molar-refractivity contribution is -0.00409. The quantitative estimate of drug-likeness (QED) is 0.358. The number of hydrogen-bond donors (Lipinski definition) is 4. The summed E-state index contributed by atoms with van der Waals surface area (Å²) in [4.78, 5) is 20.7. The first-order valence-electron chi connectivity index (χ1n) is 9.26. The number of hydrogen-bond acceptors (Lipinski definition) is 9. The van der Waals surface area contributed by atoms with Crippen LogP contribution in [0.2, 0.25) is 0 Å². The van der Waals surface area contributed by atoms with E-state index in [1.165, 1.54) is 12.3 Å². The molecular weight excluding hydrogens is 448 g/mol. The van der Waals surface area contributed by atoms with Crippen molar-refractivity contribution >= 4 is 44.2 Å². The van der Waals surface area contributed by atoms with Gasteiger partial charge in [-0.2, -0.15) is 11.8 Å². The molecule has 0 spiro atoms. The molecule has 1 amide bonds. The fourth-order valence-electron chi connectivity index (χ4n) is 2.58. The van der Waals surface area contributed by atoms with Gasteiger partial charge in [-0.05, 0) is 49.5 Å². The lowest BCUT2D eigenvalue weighted by Gasteiger charge is -2.27. The number of nitrogens with zero attached hydrogens (tertiary/aromatic N) is 2. The topological polar surface area (TPSA) is 142 Å². The first-order chi connectivity index (χ1) is 14.3. The number of pyridine rings is 1. The van der Waals surface area contributed by atoms with Gasteiger partial charge >= 0.3 is 0 Å². The predicted molar refractivity (Wildman–Crippen MR) is 119 cm³/mol. The van der Waals surface area contributed by atoms with Crippen LogP contribution in [0.1, 0.15) is 29.4 Å². The van der Waals surface area contributed by atoms with Gasteiger partial charge in [0, 0.05) is 17.8 Å². The Kier molecular flexibility index (Phi) is 9.49. The van der Waals surface area contributed by atoms with Crippen molar-refractivity contribution in [2.45, 2.75) is 38.0 Å². The van der Waals surface area contributed by atoms with Gasteiger partial charge in [0.25, 0.3) is 5.91 Å². The number of thioether (sulfide) groups is 1. The molecule has 0 saturated heterocycles. The number of aromatic nitrogens is 2. The second kappa shape index (κ2) is 11.6. The summed E-state index contributed by atoms with van der Waals surface area (Å²) in [6, 6.07) is 2.76. The van der Waals surface area contributed by atoms with Crippen LogP contribution in [0.5, 0.6) is 0 Å². The van der Waals surface area contributed by atoms with Crippen LogP contribution in [0.4, 0.5) is 5.13 Å². The van der Waals surface area contributed by atoms with Crippen LogP contribution < -0.4 is 10.0 Å². The number of sulfonamides is 1. The van der Waals surface area contributed by atoms with Crippen molar-refractivity contribution in [2.75, 3.05) is 22.5 Å². The second-order valence-electron chi connectivity index (χ2n) is 6.52. The summed E-state index contributed by atoms with van der Waals surface area (Å²) in [6.07, 6.45) is 3.59. The normalized spacial score (nSPS) is 14.7. The zero-order valence-corrected chi connectivity index (χ0v) is 19.1. The number of thiazole rings is 1. The summed E-state index contributed by atoms with van der Waals surface area (Å²) in [7, 11) is -3.50. The van der Waals surface area contributed by atoms with E-state index in [4.69, 9.17) is 0 Å². The number of carbonyl (C=O) groups is 1. The lowest BCUT2D eigenvalue weighted by atomic mass is 9.97. The molecule has 30 heavy (non-hydrogen) atoms. The van der Waals surface area contributed by atoms with E-state index < -0.39 is 34.2 Å². The highest BCUT2D eigenvalue weighted by Gasteiger charge is 2.29. The van der Waals surface area contributed by atoms with Gasteiger partial charge < -0.3 is 15.5 Å². The molecular formula is C18H26N4O5S3. The maximum atomic E-state index is 12.7. The van der Waals surface area contributed by atoms with Crippen molar-refractivity contribution in [1.29, 1.82) is 0 Å². The van der Waals surface area contributed by atoms with Crippen LogP contribution in [0.3, 0.4) is 0 Å². The Morgan fingerprint density at radius 1 is 1.30 bits per heavy atom. The Labute approximate surface area is 184 Å². The Bertz CT molecular complexity index is 908. The number of rotatable bonds is 12. The number of carbonyl (C=O) groups excluding carboxylic acids is 1. The van der Waals surface area contributed by atoms with Crippen LogP contribution in [0.25, 0.3) is 0 Å². The summed E-state index contributed by atoms with van der Waals surface area (Å²) < 4.78 is 25.6. The van der Waals surface area contributed by atoms with E-state index >= 15 is 0 Å². The third-order valence-electron chi connectivity index (χ3n) is 4.31. The number of amides is 1. The SMILES string of the molecule is CCS(=O)(=O)Nc1nc(C(=O)NC(Cc2ccncc2)C(O)C(O)CCSC)cs1. The van der Waals surface area contributed by atoms with E-state index in [1.54, 1.807) is 36.3 Å². The van der Waals surface area contributed by atoms with Gasteiger partial charge in [-0.3, -0.25) is 14.5 Å². The third kappa shape index (κ3) is 7.51. The molecule has 166 valence electrons. The van der Waals surface area contributed by atoms with Crippen molar-refractivity contribution in [2.24, 2.45) is 0 Å². The largest absolute Gasteiger partial charge is 0.390 e. The van der Waals surface area contributed by atoms with E-state index in [1.807, 2.05) is 6.26 Å². The lowest BCUT2D eigenvalue weighted by Crippen LogP contribution is -2.50. The average Bonchev–Trinajstić information content (AvgIpc) is 3.19. The standard InChI is InChI=1S/C18H26N4O5S3/c1-3-30(26,27)22-18-21-14(11-29-18)17(25)20-13(10-12-4-7-19-8-5-12)16(24)15(23)6-9-28-2/h4-5,7-8,11,13,15-16,23-24H,3,6,9-10H2,1-2H3,(H,20,25)(H,21,22). The predicted octanol–water partition coefficient (Wildman–Crippen LogP) is 1.12. The molecule has 0 radical (unpaired) electrons. The smallest absolute Gasteiger partial charge is 0.271 e. The van der Waals surface area contributed by atoms with E-state index in [9.17, 15) is 23.4 Å². The summed E-state index contributed by atoms with van der Waals surface area (Å²) in [5, 5.41) is 25.2. The Morgan fingerprint density at radius 2 is 2.00 bits per heavy atom. The zero-order chi connectivity index (χ0) is 22.1. The van der Waals surface area contributed by atoms with Crippen molar-refractivity contribution < 1.29 is 23.4 Å². The Balaban J connectivity index is 2.14. The minimum absolute atomic E-state index is 0.0272. The van der Waals surface area contributed by atoms with Crippen LogP contribution in [0.15, 0.2) is 29.9 Å². The Morgan fingerprint density at radius 3 is 2.63 bits per heavy atom. The van der Waals surface area contributed by atoms with Crippen LogP contribution in [0, 0.1) is 0 Å². The van der Waals surface area contributed by atoms with E-state index in [0.717, 1.165) is 16.9 Å². The molecule has 0 aliphatic rings. The Hall–Kier alpha value is -1.73. The first kappa shape index (κ1) is 24.5. The summed E-state index contributed by atoms with van der Waals surface area (Å²) in [5.41, 5.74) is 0.862. The number of aliphatic hydroxyl groups is 2. The van der Waals surface area contributed by atoms with Gasteiger partial charge in [0.05, 0.1) is 17.9 Å². The molecule has 2 heterocycles. The maximum absolute atomic E-state index is 12.7. The molecule has 0 saturated carbocycles. The highest BCUT2D eigenvalue weighted by molar-refractivity contribution is 7.98. The molecule has 0 fully saturated rings. The monoisotopic (exact) mass is 474 g/mol. The molecule has 0 aliphatic carbocycles. The van der Waals surface area contributed by atoms with Crippen molar-refractivity contribution in [3.05, 3.63) is 41.2 Å². The molecule has 4 N–H and O–H groups in total. The average molecular weight is 475 g/mol. The zero-order valence-electron chi connectivity index (χ0n) is 16.7. The first-order valence-corrected chi connectivity index (χ1v) is 13.2. The molecule has 0 aliphatic heterocycles. The minimum Gasteiger partial charge on any atom is -0.390 e. The summed E-state index contributed by atoms with van der Waals surface area (Å²) in [5.74, 6) is -0.00739. The van der Waals surface area contributed by atoms with E-state index in [0.29, 0.717) is 12.2 Å². The fourth-order valence-corrected chi connectivity index (χ4v) is 4.62. The summed E-state index contributed by atoms with van der Waals surface area (Å²) in [6.45, 7) is 1.50. The van der Waals surface area contributed by atoms with Crippen LogP contribution >= 0.6 is 23.1 Å². The van der Waals surface area contributed by atoms with Gasteiger partial charge in [-0.1, -0.05) is 0 Å². The molecule has 3 unspecified atom stereocenters. The van der Waals surface area contributed by atoms with E-state index in [-0.39, 0.29) is 23.0 Å². The van der Waals surface area contributed by atoms with Crippen LogP contribution in [-0.4, -0.2) is 70.5 Å². The molecule has 0 aromatic carbocycles. The van der Waals surface area contributed by atoms with Gasteiger partial charge in [0.15, 0.2) is 5.13 Å². The molecule has 0 bridgehead atoms. The number of anilines is 1. The highest BCUT2D eigenvalue weighted by atomic mass is 32.2. The van der Waals surface area contributed by atoms with Crippen LogP contribution in [-0.2, 0) is 16.4 Å². The van der Waals surface area contributed by atoms with Gasteiger partial charge in [-0.25, -0.2) is 13.4 Å². The molecule has 9 nitrogen and oxygen atoms in total. The van der Waals surface area contributed by atoms with Crippen molar-refractivity contribution in [3.8, 4) is 0 Å². The minimum atomic E-state index is -3.50. The molecule has 3 atom stereocenters. The molecule has 2 aromatic heterocycles. The van der Waals surface area contributed by atoms with E-state index in [2.05, 4.69) is 20.0 Å². The van der Waals surface area contributed by atoms with Crippen molar-refractivity contribution in [1.82, 2.24) is 15.3 Å². The van der Waals surface area contributed by atoms with Gasteiger partial charge in [0.1, 0.15) is 11.8 Å².